The lowest BCUT2D eigenvalue weighted by Gasteiger charge is -2.27. The second-order valence-corrected chi connectivity index (χ2v) is 6.74. The lowest BCUT2D eigenvalue weighted by Crippen LogP contribution is -3.11. The van der Waals surface area contributed by atoms with Gasteiger partial charge in [0, 0.05) is 18.8 Å². The molecule has 2 rings (SSSR count). The fourth-order valence-electron chi connectivity index (χ4n) is 2.63. The number of likely N-dealkylation sites (tertiary alicyclic amines) is 1. The molecule has 126 valence electrons. The van der Waals surface area contributed by atoms with Gasteiger partial charge in [0.05, 0.1) is 17.1 Å². The summed E-state index contributed by atoms with van der Waals surface area (Å²) in [5.41, 5.74) is 0.597. The van der Waals surface area contributed by atoms with Crippen molar-refractivity contribution in [1.29, 1.82) is 0 Å². The van der Waals surface area contributed by atoms with Crippen LogP contribution < -0.4 is 10.2 Å². The topological polar surface area (TPSA) is 53.9 Å². The highest BCUT2D eigenvalue weighted by Gasteiger charge is 2.21. The third-order valence-electron chi connectivity index (χ3n) is 3.83. The van der Waals surface area contributed by atoms with Gasteiger partial charge in [-0.2, -0.15) is 0 Å². The van der Waals surface area contributed by atoms with E-state index in [1.807, 2.05) is 11.9 Å². The molecule has 1 aliphatic rings. The zero-order chi connectivity index (χ0) is 16.8. The van der Waals surface area contributed by atoms with Crippen molar-refractivity contribution in [2.24, 2.45) is 0 Å². The van der Waals surface area contributed by atoms with Crippen LogP contribution in [0.4, 0.5) is 5.69 Å². The zero-order valence-electron chi connectivity index (χ0n) is 13.2. The van der Waals surface area contributed by atoms with Crippen LogP contribution in [0.5, 0.6) is 0 Å². The average molecular weight is 359 g/mol. The Kier molecular flexibility index (Phi) is 6.69. The minimum atomic E-state index is -0.160. The van der Waals surface area contributed by atoms with Crippen molar-refractivity contribution in [1.82, 2.24) is 4.90 Å². The second-order valence-electron chi connectivity index (χ2n) is 5.93. The van der Waals surface area contributed by atoms with Gasteiger partial charge in [-0.15, -0.1) is 0 Å². The number of halogens is 2. The SMILES string of the molecule is C[NH+](CC(=O)Nc1ccc(Cl)c(Cl)c1)CC(=O)N1CCCCC1. The number of carbonyl (C=O) groups is 2. The zero-order valence-corrected chi connectivity index (χ0v) is 14.7. The molecule has 0 aromatic heterocycles. The summed E-state index contributed by atoms with van der Waals surface area (Å²) in [4.78, 5) is 27.0. The summed E-state index contributed by atoms with van der Waals surface area (Å²) in [6.07, 6.45) is 3.34. The Morgan fingerprint density at radius 2 is 1.83 bits per heavy atom. The number of hydrogen-bond acceptors (Lipinski definition) is 2. The lowest BCUT2D eigenvalue weighted by atomic mass is 10.1. The monoisotopic (exact) mass is 358 g/mol. The summed E-state index contributed by atoms with van der Waals surface area (Å²) < 4.78 is 0. The molecule has 2 N–H and O–H groups in total. The van der Waals surface area contributed by atoms with Crippen molar-refractivity contribution in [2.75, 3.05) is 38.5 Å². The predicted octanol–water partition coefficient (Wildman–Crippen LogP) is 1.46. The molecule has 1 aliphatic heterocycles. The molecule has 0 saturated carbocycles. The number of likely N-dealkylation sites (N-methyl/N-ethyl adjacent to an activating group) is 1. The van der Waals surface area contributed by atoms with Crippen LogP contribution in [-0.4, -0.2) is 49.9 Å². The van der Waals surface area contributed by atoms with Crippen LogP contribution in [0.2, 0.25) is 10.0 Å². The first-order valence-electron chi connectivity index (χ1n) is 7.79. The molecule has 2 amide bonds. The smallest absolute Gasteiger partial charge is 0.279 e. The highest BCUT2D eigenvalue weighted by molar-refractivity contribution is 6.42. The molecule has 0 bridgehead atoms. The van der Waals surface area contributed by atoms with E-state index in [0.717, 1.165) is 30.8 Å². The van der Waals surface area contributed by atoms with Crippen LogP contribution in [0, 0.1) is 0 Å². The number of nitrogens with one attached hydrogen (secondary N) is 2. The Hall–Kier alpha value is -1.30. The van der Waals surface area contributed by atoms with E-state index in [1.54, 1.807) is 18.2 Å². The molecule has 0 spiro atoms. The number of nitrogens with zero attached hydrogens (tertiary/aromatic N) is 1. The van der Waals surface area contributed by atoms with Gasteiger partial charge in [0.2, 0.25) is 0 Å². The summed E-state index contributed by atoms with van der Waals surface area (Å²) in [5.74, 6) is -0.0446. The normalized spacial score (nSPS) is 16.0. The third-order valence-corrected chi connectivity index (χ3v) is 4.57. The first-order valence-corrected chi connectivity index (χ1v) is 8.55. The predicted molar refractivity (Wildman–Crippen MR) is 92.1 cm³/mol. The average Bonchev–Trinajstić information content (AvgIpc) is 2.51. The molecule has 5 nitrogen and oxygen atoms in total. The number of benzene rings is 1. The first kappa shape index (κ1) is 18.0. The van der Waals surface area contributed by atoms with Crippen molar-refractivity contribution < 1.29 is 14.5 Å². The molecule has 0 aliphatic carbocycles. The summed E-state index contributed by atoms with van der Waals surface area (Å²) in [6.45, 7) is 2.22. The van der Waals surface area contributed by atoms with E-state index in [1.165, 1.54) is 6.42 Å². The van der Waals surface area contributed by atoms with Gasteiger partial charge in [0.15, 0.2) is 13.1 Å². The molecular formula is C16H22Cl2N3O2+. The lowest BCUT2D eigenvalue weighted by molar-refractivity contribution is -0.862. The molecule has 1 heterocycles. The van der Waals surface area contributed by atoms with Gasteiger partial charge in [0.25, 0.3) is 11.8 Å². The summed E-state index contributed by atoms with van der Waals surface area (Å²) in [6, 6.07) is 4.94. The van der Waals surface area contributed by atoms with Gasteiger partial charge in [-0.1, -0.05) is 23.2 Å². The number of piperidine rings is 1. The van der Waals surface area contributed by atoms with Crippen molar-refractivity contribution in [3.8, 4) is 0 Å². The van der Waals surface area contributed by atoms with E-state index in [2.05, 4.69) is 5.32 Å². The maximum absolute atomic E-state index is 12.2. The van der Waals surface area contributed by atoms with Gasteiger partial charge in [-0.05, 0) is 37.5 Å². The third kappa shape index (κ3) is 5.68. The number of anilines is 1. The fourth-order valence-corrected chi connectivity index (χ4v) is 2.93. The van der Waals surface area contributed by atoms with Gasteiger partial charge in [-0.25, -0.2) is 0 Å². The molecule has 1 fully saturated rings. The molecular weight excluding hydrogens is 337 g/mol. The molecule has 1 aromatic rings. The molecule has 23 heavy (non-hydrogen) atoms. The van der Waals surface area contributed by atoms with E-state index < -0.39 is 0 Å². The van der Waals surface area contributed by atoms with Crippen molar-refractivity contribution in [3.05, 3.63) is 28.2 Å². The molecule has 1 saturated heterocycles. The largest absolute Gasteiger partial charge is 0.338 e. The van der Waals surface area contributed by atoms with Crippen molar-refractivity contribution in [2.45, 2.75) is 19.3 Å². The quantitative estimate of drug-likeness (QED) is 0.837. The van der Waals surface area contributed by atoms with Crippen molar-refractivity contribution >= 4 is 40.7 Å². The van der Waals surface area contributed by atoms with E-state index in [0.29, 0.717) is 22.3 Å². The summed E-state index contributed by atoms with van der Waals surface area (Å²) >= 11 is 11.8. The van der Waals surface area contributed by atoms with Gasteiger partial charge < -0.3 is 15.1 Å². The second kappa shape index (κ2) is 8.52. The number of carbonyl (C=O) groups excluding carboxylic acids is 2. The van der Waals surface area contributed by atoms with E-state index in [4.69, 9.17) is 23.2 Å². The van der Waals surface area contributed by atoms with E-state index in [9.17, 15) is 9.59 Å². The molecule has 1 atom stereocenters. The molecule has 7 heteroatoms. The summed E-state index contributed by atoms with van der Waals surface area (Å²) in [7, 11) is 1.84. The first-order chi connectivity index (χ1) is 11.0. The standard InChI is InChI=1S/C16H21Cl2N3O2/c1-20(11-16(23)21-7-3-2-4-8-21)10-15(22)19-12-5-6-13(17)14(18)9-12/h5-6,9H,2-4,7-8,10-11H2,1H3,(H,19,22)/p+1. The highest BCUT2D eigenvalue weighted by Crippen LogP contribution is 2.24. The van der Waals surface area contributed by atoms with E-state index >= 15 is 0 Å². The minimum Gasteiger partial charge on any atom is -0.338 e. The van der Waals surface area contributed by atoms with Crippen molar-refractivity contribution in [3.63, 3.8) is 0 Å². The fraction of sp³-hybridized carbons (Fsp3) is 0.500. The number of hydrogen-bond donors (Lipinski definition) is 2. The van der Waals surface area contributed by atoms with Crippen LogP contribution in [0.15, 0.2) is 18.2 Å². The van der Waals surface area contributed by atoms with Crippen LogP contribution in [0.25, 0.3) is 0 Å². The Balaban J connectivity index is 1.79. The Morgan fingerprint density at radius 1 is 1.13 bits per heavy atom. The number of amides is 2. The van der Waals surface area contributed by atoms with Crippen LogP contribution in [0.1, 0.15) is 19.3 Å². The molecule has 0 radical (unpaired) electrons. The Bertz CT molecular complexity index is 574. The molecule has 1 unspecified atom stereocenters. The summed E-state index contributed by atoms with van der Waals surface area (Å²) in [5, 5.41) is 3.60. The number of quaternary nitrogens is 1. The molecule has 1 aromatic carbocycles. The van der Waals surface area contributed by atoms with Gasteiger partial charge in [0.1, 0.15) is 0 Å². The Morgan fingerprint density at radius 3 is 2.48 bits per heavy atom. The number of rotatable bonds is 5. The minimum absolute atomic E-state index is 0.115. The van der Waals surface area contributed by atoms with Gasteiger partial charge in [-0.3, -0.25) is 9.59 Å². The van der Waals surface area contributed by atoms with Crippen LogP contribution >= 0.6 is 23.2 Å². The van der Waals surface area contributed by atoms with Gasteiger partial charge >= 0.3 is 0 Å². The van der Waals surface area contributed by atoms with E-state index in [-0.39, 0.29) is 18.4 Å². The highest BCUT2D eigenvalue weighted by atomic mass is 35.5. The van der Waals surface area contributed by atoms with Crippen LogP contribution in [-0.2, 0) is 9.59 Å². The van der Waals surface area contributed by atoms with Crippen LogP contribution in [0.3, 0.4) is 0 Å². The maximum Gasteiger partial charge on any atom is 0.279 e. The Labute approximate surface area is 146 Å². The maximum atomic E-state index is 12.2.